The number of aromatic nitrogens is 2. The molecule has 7 nitrogen and oxygen atoms in total. The van der Waals surface area contributed by atoms with E-state index >= 15 is 0 Å². The summed E-state index contributed by atoms with van der Waals surface area (Å²) in [6.07, 6.45) is 5.55. The number of carbonyl (C=O) groups is 1. The third-order valence-corrected chi connectivity index (χ3v) is 5.90. The predicted molar refractivity (Wildman–Crippen MR) is 89.5 cm³/mol. The maximum absolute atomic E-state index is 12.2. The molecule has 2 fully saturated rings. The van der Waals surface area contributed by atoms with Gasteiger partial charge in [-0.05, 0) is 57.8 Å². The van der Waals surface area contributed by atoms with Crippen LogP contribution in [0.2, 0.25) is 0 Å². The van der Waals surface area contributed by atoms with E-state index < -0.39 is 4.92 Å². The first-order chi connectivity index (χ1) is 11.4. The van der Waals surface area contributed by atoms with E-state index in [9.17, 15) is 14.9 Å². The summed E-state index contributed by atoms with van der Waals surface area (Å²) < 4.78 is 1.56. The summed E-state index contributed by atoms with van der Waals surface area (Å²) in [6.45, 7) is 5.78. The lowest BCUT2D eigenvalue weighted by molar-refractivity contribution is -0.386. The van der Waals surface area contributed by atoms with Gasteiger partial charge in [-0.2, -0.15) is 5.10 Å². The Hall–Kier alpha value is -1.92. The largest absolute Gasteiger partial charge is 0.353 e. The van der Waals surface area contributed by atoms with Gasteiger partial charge in [-0.25, -0.2) is 0 Å². The molecule has 7 heteroatoms. The zero-order valence-corrected chi connectivity index (χ0v) is 14.6. The highest BCUT2D eigenvalue weighted by molar-refractivity contribution is 5.76. The number of hydrogen-bond donors (Lipinski definition) is 1. The molecule has 132 valence electrons. The number of nitrogens with zero attached hydrogens (tertiary/aromatic N) is 3. The lowest BCUT2D eigenvalue weighted by Gasteiger charge is -2.28. The van der Waals surface area contributed by atoms with Crippen LogP contribution in [0.4, 0.5) is 5.69 Å². The van der Waals surface area contributed by atoms with Crippen LogP contribution < -0.4 is 5.32 Å². The normalized spacial score (nSPS) is 26.5. The molecule has 0 unspecified atom stereocenters. The van der Waals surface area contributed by atoms with E-state index in [1.165, 1.54) is 25.7 Å². The molecule has 1 amide bonds. The van der Waals surface area contributed by atoms with E-state index in [1.807, 2.05) is 0 Å². The molecule has 4 atom stereocenters. The molecular formula is C17H26N4O3. The molecule has 1 aromatic rings. The molecule has 0 spiro atoms. The smallest absolute Gasteiger partial charge is 0.312 e. The number of nitro groups is 1. The Bertz CT molecular complexity index is 655. The highest BCUT2D eigenvalue weighted by atomic mass is 16.6. The fourth-order valence-electron chi connectivity index (χ4n) is 4.72. The zero-order valence-electron chi connectivity index (χ0n) is 14.6. The highest BCUT2D eigenvalue weighted by Crippen LogP contribution is 2.49. The van der Waals surface area contributed by atoms with Crippen molar-refractivity contribution < 1.29 is 9.72 Å². The second-order valence-electron chi connectivity index (χ2n) is 7.44. The number of fused-ring (bicyclic) bond motifs is 2. The molecule has 0 aromatic carbocycles. The van der Waals surface area contributed by atoms with E-state index in [1.54, 1.807) is 18.5 Å². The highest BCUT2D eigenvalue weighted by Gasteiger charge is 2.42. The van der Waals surface area contributed by atoms with Crippen LogP contribution in [0.25, 0.3) is 0 Å². The first-order valence-electron chi connectivity index (χ1n) is 8.84. The second-order valence-corrected chi connectivity index (χ2v) is 7.44. The molecule has 2 aliphatic carbocycles. The topological polar surface area (TPSA) is 90.1 Å². The van der Waals surface area contributed by atoms with E-state index in [-0.39, 0.29) is 17.6 Å². The standard InChI is InChI=1S/C17H26N4O3/c1-10(15-9-13-4-5-14(15)8-13)18-16(22)6-7-20-12(3)17(21(23)24)11(2)19-20/h10,13-15H,4-9H2,1-3H3,(H,18,22)/t10-,13+,14+,15-/m0/s1. The van der Waals surface area contributed by atoms with Crippen molar-refractivity contribution in [2.75, 3.05) is 0 Å². The van der Waals surface area contributed by atoms with Crippen molar-refractivity contribution in [3.05, 3.63) is 21.5 Å². The Labute approximate surface area is 142 Å². The number of aryl methyl sites for hydroxylation is 2. The maximum Gasteiger partial charge on any atom is 0.312 e. The number of amides is 1. The SMILES string of the molecule is Cc1nn(CCC(=O)N[C@@H](C)[C@@H]2C[C@@H]3CC[C@@H]2C3)c(C)c1[N+](=O)[O-]. The van der Waals surface area contributed by atoms with Crippen molar-refractivity contribution in [1.29, 1.82) is 0 Å². The summed E-state index contributed by atoms with van der Waals surface area (Å²) in [5, 5.41) is 18.3. The number of nitrogens with one attached hydrogen (secondary N) is 1. The Balaban J connectivity index is 1.53. The van der Waals surface area contributed by atoms with Crippen molar-refractivity contribution in [1.82, 2.24) is 15.1 Å². The molecule has 0 aliphatic heterocycles. The molecule has 24 heavy (non-hydrogen) atoms. The third kappa shape index (κ3) is 3.16. The van der Waals surface area contributed by atoms with Crippen molar-refractivity contribution in [3.8, 4) is 0 Å². The second kappa shape index (κ2) is 6.53. The molecule has 0 saturated heterocycles. The van der Waals surface area contributed by atoms with Gasteiger partial charge in [0.05, 0.1) is 11.5 Å². The first kappa shape index (κ1) is 16.9. The van der Waals surface area contributed by atoms with E-state index in [2.05, 4.69) is 17.3 Å². The summed E-state index contributed by atoms with van der Waals surface area (Å²) in [4.78, 5) is 22.9. The monoisotopic (exact) mass is 334 g/mol. The van der Waals surface area contributed by atoms with Crippen molar-refractivity contribution in [2.45, 2.75) is 65.5 Å². The van der Waals surface area contributed by atoms with Crippen LogP contribution in [-0.4, -0.2) is 26.7 Å². The molecule has 1 heterocycles. The Kier molecular flexibility index (Phi) is 4.60. The molecule has 1 N–H and O–H groups in total. The molecule has 2 bridgehead atoms. The van der Waals surface area contributed by atoms with E-state index in [0.717, 1.165) is 11.8 Å². The minimum Gasteiger partial charge on any atom is -0.353 e. The zero-order chi connectivity index (χ0) is 17.4. The summed E-state index contributed by atoms with van der Waals surface area (Å²) in [7, 11) is 0. The van der Waals surface area contributed by atoms with Crippen molar-refractivity contribution >= 4 is 11.6 Å². The first-order valence-corrected chi connectivity index (χ1v) is 8.84. The Morgan fingerprint density at radius 2 is 2.17 bits per heavy atom. The third-order valence-electron chi connectivity index (χ3n) is 5.90. The van der Waals surface area contributed by atoms with Gasteiger partial charge in [0.15, 0.2) is 0 Å². The van der Waals surface area contributed by atoms with Crippen LogP contribution >= 0.6 is 0 Å². The summed E-state index contributed by atoms with van der Waals surface area (Å²) in [5.74, 6) is 2.27. The van der Waals surface area contributed by atoms with Crippen LogP contribution in [0.3, 0.4) is 0 Å². The summed E-state index contributed by atoms with van der Waals surface area (Å²) in [5.41, 5.74) is 0.950. The quantitative estimate of drug-likeness (QED) is 0.640. The van der Waals surface area contributed by atoms with E-state index in [0.29, 0.717) is 30.3 Å². The number of hydrogen-bond acceptors (Lipinski definition) is 4. The number of rotatable bonds is 6. The average Bonchev–Trinajstić information content (AvgIpc) is 3.19. The van der Waals surface area contributed by atoms with Crippen molar-refractivity contribution in [3.63, 3.8) is 0 Å². The molecule has 2 saturated carbocycles. The van der Waals surface area contributed by atoms with Gasteiger partial charge < -0.3 is 5.32 Å². The van der Waals surface area contributed by atoms with Crippen LogP contribution in [0.5, 0.6) is 0 Å². The predicted octanol–water partition coefficient (Wildman–Crippen LogP) is 2.74. The molecule has 2 aliphatic rings. The fraction of sp³-hybridized carbons (Fsp3) is 0.765. The molecule has 1 aromatic heterocycles. The molecular weight excluding hydrogens is 308 g/mol. The Morgan fingerprint density at radius 3 is 2.71 bits per heavy atom. The lowest BCUT2D eigenvalue weighted by Crippen LogP contribution is -2.40. The molecule has 3 rings (SSSR count). The van der Waals surface area contributed by atoms with Gasteiger partial charge in [0.2, 0.25) is 5.91 Å². The van der Waals surface area contributed by atoms with Gasteiger partial charge in [0.25, 0.3) is 0 Å². The molecule has 0 radical (unpaired) electrons. The number of carbonyl (C=O) groups excluding carboxylic acids is 1. The van der Waals surface area contributed by atoms with Crippen LogP contribution in [-0.2, 0) is 11.3 Å². The lowest BCUT2D eigenvalue weighted by atomic mass is 9.84. The van der Waals surface area contributed by atoms with Crippen LogP contribution in [0.15, 0.2) is 0 Å². The summed E-state index contributed by atoms with van der Waals surface area (Å²) in [6, 6.07) is 0.211. The van der Waals surface area contributed by atoms with Crippen molar-refractivity contribution in [2.24, 2.45) is 17.8 Å². The Morgan fingerprint density at radius 1 is 1.42 bits per heavy atom. The summed E-state index contributed by atoms with van der Waals surface area (Å²) >= 11 is 0. The van der Waals surface area contributed by atoms with Gasteiger partial charge >= 0.3 is 5.69 Å². The van der Waals surface area contributed by atoms with Crippen LogP contribution in [0.1, 0.15) is 50.4 Å². The van der Waals surface area contributed by atoms with Gasteiger partial charge in [0, 0.05) is 12.5 Å². The minimum atomic E-state index is -0.411. The van der Waals surface area contributed by atoms with Gasteiger partial charge in [-0.1, -0.05) is 6.42 Å². The van der Waals surface area contributed by atoms with Crippen LogP contribution in [0, 0.1) is 41.7 Å². The van der Waals surface area contributed by atoms with Gasteiger partial charge in [-0.15, -0.1) is 0 Å². The van der Waals surface area contributed by atoms with Gasteiger partial charge in [0.1, 0.15) is 11.4 Å². The maximum atomic E-state index is 12.2. The van der Waals surface area contributed by atoms with E-state index in [4.69, 9.17) is 0 Å². The fourth-order valence-corrected chi connectivity index (χ4v) is 4.72. The minimum absolute atomic E-state index is 0.000444. The average molecular weight is 334 g/mol. The van der Waals surface area contributed by atoms with Gasteiger partial charge in [-0.3, -0.25) is 19.6 Å².